The van der Waals surface area contributed by atoms with Crippen LogP contribution in [0.1, 0.15) is 90.1 Å². The van der Waals surface area contributed by atoms with Gasteiger partial charge in [-0.05, 0) is 62.4 Å². The molecule has 0 unspecified atom stereocenters. The minimum atomic E-state index is -0.641. The number of rotatable bonds is 7. The average molecular weight is 445 g/mol. The van der Waals surface area contributed by atoms with Crippen LogP contribution in [-0.2, 0) is 26.2 Å². The van der Waals surface area contributed by atoms with E-state index in [4.69, 9.17) is 9.78 Å². The molecule has 0 aliphatic carbocycles. The van der Waals surface area contributed by atoms with Crippen molar-refractivity contribution < 1.29 is 9.78 Å². The fraction of sp³-hybridized carbons (Fsp3) is 0.419. The molecule has 0 saturated carbocycles. The van der Waals surface area contributed by atoms with Crippen LogP contribution in [0.4, 0.5) is 0 Å². The first-order valence-electron chi connectivity index (χ1n) is 11.9. The van der Waals surface area contributed by atoms with E-state index in [9.17, 15) is 0 Å². The third-order valence-corrected chi connectivity index (χ3v) is 6.50. The van der Waals surface area contributed by atoms with E-state index in [1.807, 2.05) is 20.8 Å². The van der Waals surface area contributed by atoms with Crippen LogP contribution in [0.25, 0.3) is 0 Å². The van der Waals surface area contributed by atoms with Crippen LogP contribution in [0.15, 0.2) is 78.9 Å². The largest absolute Gasteiger partial charge is 0.230 e. The van der Waals surface area contributed by atoms with Crippen molar-refractivity contribution in [3.8, 4) is 0 Å². The van der Waals surface area contributed by atoms with E-state index in [-0.39, 0.29) is 10.8 Å². The Morgan fingerprint density at radius 2 is 0.909 bits per heavy atom. The summed E-state index contributed by atoms with van der Waals surface area (Å²) in [6.45, 7) is 19.5. The Balaban J connectivity index is 2.28. The second-order valence-corrected chi connectivity index (χ2v) is 11.5. The lowest BCUT2D eigenvalue weighted by Gasteiger charge is -2.40. The Morgan fingerprint density at radius 3 is 1.39 bits per heavy atom. The van der Waals surface area contributed by atoms with Gasteiger partial charge in [-0.2, -0.15) is 0 Å². The van der Waals surface area contributed by atoms with Crippen molar-refractivity contribution in [2.75, 3.05) is 0 Å². The van der Waals surface area contributed by atoms with Crippen LogP contribution in [0.5, 0.6) is 0 Å². The van der Waals surface area contributed by atoms with Gasteiger partial charge >= 0.3 is 0 Å². The van der Waals surface area contributed by atoms with Crippen LogP contribution < -0.4 is 0 Å². The average Bonchev–Trinajstić information content (AvgIpc) is 2.78. The molecule has 0 spiro atoms. The van der Waals surface area contributed by atoms with Gasteiger partial charge in [0.2, 0.25) is 0 Å². The van der Waals surface area contributed by atoms with Crippen LogP contribution in [0.3, 0.4) is 0 Å². The fourth-order valence-corrected chi connectivity index (χ4v) is 4.53. The second-order valence-electron chi connectivity index (χ2n) is 11.5. The minimum Gasteiger partial charge on any atom is -0.230 e. The maximum absolute atomic E-state index is 6.13. The topological polar surface area (TPSA) is 18.5 Å². The molecule has 176 valence electrons. The van der Waals surface area contributed by atoms with Gasteiger partial charge in [0, 0.05) is 10.8 Å². The Labute approximate surface area is 200 Å². The van der Waals surface area contributed by atoms with E-state index < -0.39 is 11.2 Å². The van der Waals surface area contributed by atoms with Gasteiger partial charge in [0.1, 0.15) is 5.60 Å². The summed E-state index contributed by atoms with van der Waals surface area (Å²) in [5.74, 6) is 0. The van der Waals surface area contributed by atoms with Gasteiger partial charge in [0.15, 0.2) is 0 Å². The molecule has 0 amide bonds. The van der Waals surface area contributed by atoms with Crippen molar-refractivity contribution in [3.63, 3.8) is 0 Å². The van der Waals surface area contributed by atoms with Crippen molar-refractivity contribution in [2.45, 2.75) is 84.3 Å². The van der Waals surface area contributed by atoms with E-state index >= 15 is 0 Å². The normalized spacial score (nSPS) is 13.2. The van der Waals surface area contributed by atoms with Gasteiger partial charge in [-0.25, -0.2) is 9.78 Å². The van der Waals surface area contributed by atoms with Gasteiger partial charge in [-0.3, -0.25) is 0 Å². The molecule has 0 atom stereocenters. The van der Waals surface area contributed by atoms with Crippen LogP contribution in [0.2, 0.25) is 0 Å². The molecule has 0 N–H and O–H groups in total. The van der Waals surface area contributed by atoms with E-state index in [0.717, 1.165) is 5.56 Å². The zero-order valence-corrected chi connectivity index (χ0v) is 21.8. The summed E-state index contributed by atoms with van der Waals surface area (Å²) < 4.78 is 0. The smallest absolute Gasteiger partial charge is 0.123 e. The van der Waals surface area contributed by atoms with Crippen molar-refractivity contribution in [1.82, 2.24) is 0 Å². The molecule has 0 saturated heterocycles. The molecule has 0 fully saturated rings. The summed E-state index contributed by atoms with van der Waals surface area (Å²) in [5.41, 5.74) is 4.81. The van der Waals surface area contributed by atoms with Gasteiger partial charge in [-0.15, -0.1) is 0 Å². The summed E-state index contributed by atoms with van der Waals surface area (Å²) in [6.07, 6.45) is 0. The number of hydrogen-bond donors (Lipinski definition) is 0. The lowest BCUT2D eigenvalue weighted by atomic mass is 9.65. The molecule has 0 aliphatic rings. The van der Waals surface area contributed by atoms with Crippen molar-refractivity contribution in [2.24, 2.45) is 0 Å². The van der Waals surface area contributed by atoms with Crippen LogP contribution >= 0.6 is 0 Å². The molecule has 3 aromatic carbocycles. The zero-order valence-electron chi connectivity index (χ0n) is 21.8. The molecule has 0 bridgehead atoms. The second kappa shape index (κ2) is 9.08. The Morgan fingerprint density at radius 1 is 0.455 bits per heavy atom. The van der Waals surface area contributed by atoms with E-state index in [1.165, 1.54) is 22.3 Å². The van der Waals surface area contributed by atoms with Gasteiger partial charge in [-0.1, -0.05) is 107 Å². The molecular formula is C31H40O2. The molecule has 2 nitrogen and oxygen atoms in total. The quantitative estimate of drug-likeness (QED) is 0.269. The molecule has 2 heteroatoms. The van der Waals surface area contributed by atoms with Gasteiger partial charge in [0.05, 0.1) is 5.60 Å². The van der Waals surface area contributed by atoms with Gasteiger partial charge in [0.25, 0.3) is 0 Å². The Hall–Kier alpha value is -2.42. The Kier molecular flexibility index (Phi) is 6.94. The highest BCUT2D eigenvalue weighted by Gasteiger charge is 2.39. The van der Waals surface area contributed by atoms with E-state index in [0.29, 0.717) is 0 Å². The first kappa shape index (κ1) is 25.2. The van der Waals surface area contributed by atoms with Crippen molar-refractivity contribution >= 4 is 0 Å². The highest BCUT2D eigenvalue weighted by molar-refractivity contribution is 5.54. The molecule has 33 heavy (non-hydrogen) atoms. The predicted octanol–water partition coefficient (Wildman–Crippen LogP) is 8.32. The number of benzene rings is 3. The molecule has 0 aliphatic heterocycles. The predicted molar refractivity (Wildman–Crippen MR) is 139 cm³/mol. The molecule has 3 aromatic rings. The summed E-state index contributed by atoms with van der Waals surface area (Å²) in [4.78, 5) is 12.0. The summed E-state index contributed by atoms with van der Waals surface area (Å²) in [7, 11) is 0. The third-order valence-electron chi connectivity index (χ3n) is 6.50. The zero-order chi connectivity index (χ0) is 24.5. The molecule has 3 rings (SSSR count). The van der Waals surface area contributed by atoms with E-state index in [1.54, 1.807) is 0 Å². The summed E-state index contributed by atoms with van der Waals surface area (Å²) in [5, 5.41) is 0. The fourth-order valence-electron chi connectivity index (χ4n) is 4.53. The third kappa shape index (κ3) is 5.39. The monoisotopic (exact) mass is 444 g/mol. The van der Waals surface area contributed by atoms with Crippen molar-refractivity contribution in [3.05, 3.63) is 107 Å². The van der Waals surface area contributed by atoms with Crippen molar-refractivity contribution in [1.29, 1.82) is 0 Å². The first-order valence-corrected chi connectivity index (χ1v) is 11.9. The SMILES string of the molecule is CC(C)(C)OOC(C)(C)c1cccc(C(C)(C)c2ccccc2)c1C(C)(C)c1ccccc1. The molecule has 0 aromatic heterocycles. The number of hydrogen-bond acceptors (Lipinski definition) is 2. The maximum atomic E-state index is 6.13. The minimum absolute atomic E-state index is 0.195. The molecule has 0 radical (unpaired) electrons. The van der Waals surface area contributed by atoms with E-state index in [2.05, 4.69) is 120 Å². The standard InChI is InChI=1S/C31H40O2/c1-28(2,3)32-33-31(8,9)26-22-16-21-25(29(4,5)23-17-12-10-13-18-23)27(26)30(6,7)24-19-14-11-15-20-24/h10-22H,1-9H3. The molecule has 0 heterocycles. The summed E-state index contributed by atoms with van der Waals surface area (Å²) in [6, 6.07) is 28.1. The lowest BCUT2D eigenvalue weighted by molar-refractivity contribution is -0.402. The lowest BCUT2D eigenvalue weighted by Crippen LogP contribution is -2.35. The highest BCUT2D eigenvalue weighted by atomic mass is 17.2. The highest BCUT2D eigenvalue weighted by Crippen LogP contribution is 2.46. The first-order chi connectivity index (χ1) is 15.3. The van der Waals surface area contributed by atoms with Gasteiger partial charge < -0.3 is 0 Å². The molecular weight excluding hydrogens is 404 g/mol. The maximum Gasteiger partial charge on any atom is 0.123 e. The van der Waals surface area contributed by atoms with Crippen LogP contribution in [-0.4, -0.2) is 5.60 Å². The van der Waals surface area contributed by atoms with Crippen LogP contribution in [0, 0.1) is 0 Å². The summed E-state index contributed by atoms with van der Waals surface area (Å²) >= 11 is 0. The Bertz CT molecular complexity index is 1060.